The zero-order valence-electron chi connectivity index (χ0n) is 10.6. The van der Waals surface area contributed by atoms with Gasteiger partial charge in [-0.3, -0.25) is 9.36 Å². The van der Waals surface area contributed by atoms with Gasteiger partial charge in [0, 0.05) is 18.2 Å². The van der Waals surface area contributed by atoms with Crippen molar-refractivity contribution in [2.75, 3.05) is 6.61 Å². The molecule has 2 rings (SSSR count). The first-order chi connectivity index (χ1) is 8.80. The number of hydrogen-bond donors (Lipinski definition) is 3. The van der Waals surface area contributed by atoms with Crippen molar-refractivity contribution in [3.05, 3.63) is 32.6 Å². The van der Waals surface area contributed by atoms with Crippen LogP contribution in [-0.2, 0) is 4.74 Å². The summed E-state index contributed by atoms with van der Waals surface area (Å²) in [6.07, 6.45) is -0.460. The highest BCUT2D eigenvalue weighted by atomic mass is 16.6. The molecule has 8 nitrogen and oxygen atoms in total. The molecule has 3 N–H and O–H groups in total. The predicted octanol–water partition coefficient (Wildman–Crippen LogP) is -1.41. The fourth-order valence-corrected chi connectivity index (χ4v) is 2.08. The van der Waals surface area contributed by atoms with Gasteiger partial charge in [-0.15, -0.1) is 0 Å². The molecule has 0 amide bonds. The van der Waals surface area contributed by atoms with Crippen molar-refractivity contribution in [3.8, 4) is 0 Å². The van der Waals surface area contributed by atoms with E-state index in [-0.39, 0.29) is 16.7 Å². The molecule has 1 unspecified atom stereocenters. The molecule has 2 heterocycles. The molecule has 0 aliphatic carbocycles. The maximum absolute atomic E-state index is 11.8. The summed E-state index contributed by atoms with van der Waals surface area (Å²) in [4.78, 5) is 23.2. The van der Waals surface area contributed by atoms with Gasteiger partial charge in [0.05, 0.1) is 12.7 Å². The van der Waals surface area contributed by atoms with Gasteiger partial charge in [-0.25, -0.2) is 4.79 Å². The van der Waals surface area contributed by atoms with E-state index < -0.39 is 35.8 Å². The Labute approximate surface area is 108 Å². The molecule has 0 saturated carbocycles. The maximum atomic E-state index is 11.8. The van der Waals surface area contributed by atoms with Crippen molar-refractivity contribution >= 4 is 0 Å². The fraction of sp³-hybridized carbons (Fsp3) is 0.636. The Morgan fingerprint density at radius 3 is 2.68 bits per heavy atom. The van der Waals surface area contributed by atoms with Crippen LogP contribution >= 0.6 is 0 Å². The highest BCUT2D eigenvalue weighted by Gasteiger charge is 2.45. The van der Waals surface area contributed by atoms with Gasteiger partial charge >= 0.3 is 5.69 Å². The second-order valence-corrected chi connectivity index (χ2v) is 4.91. The summed E-state index contributed by atoms with van der Waals surface area (Å²) in [5.41, 5.74) is -2.76. The molecule has 1 saturated heterocycles. The van der Waals surface area contributed by atoms with Crippen molar-refractivity contribution < 1.29 is 20.2 Å². The Bertz CT molecular complexity index is 606. The minimum atomic E-state index is -1.17. The summed E-state index contributed by atoms with van der Waals surface area (Å²) >= 11 is 0. The van der Waals surface area contributed by atoms with E-state index in [4.69, 9.17) is 4.74 Å². The number of aromatic nitrogens is 2. The van der Waals surface area contributed by atoms with Crippen molar-refractivity contribution in [2.45, 2.75) is 38.2 Å². The van der Waals surface area contributed by atoms with Gasteiger partial charge in [0.15, 0.2) is 0 Å². The van der Waals surface area contributed by atoms with Crippen LogP contribution in [0.2, 0.25) is 0 Å². The first-order valence-corrected chi connectivity index (χ1v) is 5.81. The molecule has 0 aromatic carbocycles. The minimum absolute atomic E-state index is 0.000317. The van der Waals surface area contributed by atoms with Crippen LogP contribution in [0, 0.1) is 6.92 Å². The van der Waals surface area contributed by atoms with Crippen LogP contribution in [-0.4, -0.2) is 43.0 Å². The molecule has 106 valence electrons. The lowest BCUT2D eigenvalue weighted by atomic mass is 10.0. The second-order valence-electron chi connectivity index (χ2n) is 4.91. The Hall–Kier alpha value is -1.64. The summed E-state index contributed by atoms with van der Waals surface area (Å²) in [6, 6.07) is 0. The SMILES string of the molecule is Cc1cn([C@H]2CC(O)[C@@](C)(CO)O2)c(=O)n(O)c1=O. The van der Waals surface area contributed by atoms with Crippen molar-refractivity contribution in [1.29, 1.82) is 0 Å². The standard InChI is InChI=1S/C11H16N2O6/c1-6-4-12(10(17)13(18)9(6)16)8-3-7(15)11(2,5-14)19-8/h4,7-8,14-15,18H,3,5H2,1-2H3/t7?,8-,11-/m1/s1. The summed E-state index contributed by atoms with van der Waals surface area (Å²) in [5, 5.41) is 28.4. The van der Waals surface area contributed by atoms with E-state index in [2.05, 4.69) is 0 Å². The van der Waals surface area contributed by atoms with Crippen LogP contribution in [0.3, 0.4) is 0 Å². The molecule has 1 aromatic heterocycles. The number of hydrogen-bond acceptors (Lipinski definition) is 6. The summed E-state index contributed by atoms with van der Waals surface area (Å²) in [5.74, 6) is 0. The molecule has 1 aromatic rings. The lowest BCUT2D eigenvalue weighted by Crippen LogP contribution is -2.42. The first kappa shape index (κ1) is 13.8. The van der Waals surface area contributed by atoms with Crippen molar-refractivity contribution in [2.24, 2.45) is 0 Å². The van der Waals surface area contributed by atoms with Crippen molar-refractivity contribution in [3.63, 3.8) is 0 Å². The molecular weight excluding hydrogens is 256 g/mol. The van der Waals surface area contributed by atoms with Crippen LogP contribution in [0.1, 0.15) is 25.1 Å². The van der Waals surface area contributed by atoms with Crippen LogP contribution in [0.25, 0.3) is 0 Å². The number of aliphatic hydroxyl groups is 2. The highest BCUT2D eigenvalue weighted by molar-refractivity contribution is 5.03. The van der Waals surface area contributed by atoms with E-state index in [1.807, 2.05) is 0 Å². The predicted molar refractivity (Wildman–Crippen MR) is 63.1 cm³/mol. The number of rotatable bonds is 2. The number of aryl methyl sites for hydroxylation is 1. The quantitative estimate of drug-likeness (QED) is 0.570. The van der Waals surface area contributed by atoms with Gasteiger partial charge in [-0.1, -0.05) is 4.73 Å². The number of aliphatic hydroxyl groups excluding tert-OH is 2. The Morgan fingerprint density at radius 1 is 1.53 bits per heavy atom. The Balaban J connectivity index is 2.46. The third-order valence-corrected chi connectivity index (χ3v) is 3.42. The van der Waals surface area contributed by atoms with Gasteiger partial charge < -0.3 is 20.2 Å². The molecule has 8 heteroatoms. The largest absolute Gasteiger partial charge is 0.421 e. The normalized spacial score (nSPS) is 30.7. The number of ether oxygens (including phenoxy) is 1. The van der Waals surface area contributed by atoms with Gasteiger partial charge in [-0.2, -0.15) is 0 Å². The van der Waals surface area contributed by atoms with Crippen LogP contribution < -0.4 is 11.2 Å². The zero-order chi connectivity index (χ0) is 14.4. The molecule has 0 spiro atoms. The smallest absolute Gasteiger partial charge is 0.366 e. The number of nitrogens with zero attached hydrogens (tertiary/aromatic N) is 2. The van der Waals surface area contributed by atoms with Crippen LogP contribution in [0.4, 0.5) is 0 Å². The molecule has 1 fully saturated rings. The van der Waals surface area contributed by atoms with Gasteiger partial charge in [0.1, 0.15) is 11.8 Å². The molecule has 3 atom stereocenters. The lowest BCUT2D eigenvalue weighted by molar-refractivity contribution is -0.117. The fourth-order valence-electron chi connectivity index (χ4n) is 2.08. The molecule has 1 aliphatic heterocycles. The zero-order valence-corrected chi connectivity index (χ0v) is 10.6. The monoisotopic (exact) mass is 272 g/mol. The lowest BCUT2D eigenvalue weighted by Gasteiger charge is -2.25. The minimum Gasteiger partial charge on any atom is -0.421 e. The van der Waals surface area contributed by atoms with E-state index in [1.54, 1.807) is 0 Å². The summed E-state index contributed by atoms with van der Waals surface area (Å²) < 4.78 is 6.49. The summed E-state index contributed by atoms with van der Waals surface area (Å²) in [6.45, 7) is 2.56. The topological polar surface area (TPSA) is 114 Å². The van der Waals surface area contributed by atoms with Crippen molar-refractivity contribution in [1.82, 2.24) is 9.30 Å². The molecular formula is C11H16N2O6. The molecule has 19 heavy (non-hydrogen) atoms. The third-order valence-electron chi connectivity index (χ3n) is 3.42. The Morgan fingerprint density at radius 2 is 2.16 bits per heavy atom. The van der Waals surface area contributed by atoms with E-state index in [0.29, 0.717) is 0 Å². The Kier molecular flexibility index (Phi) is 3.25. The first-order valence-electron chi connectivity index (χ1n) is 5.81. The van der Waals surface area contributed by atoms with E-state index in [9.17, 15) is 25.0 Å². The average Bonchev–Trinajstić information content (AvgIpc) is 2.68. The van der Waals surface area contributed by atoms with Crippen LogP contribution in [0.5, 0.6) is 0 Å². The van der Waals surface area contributed by atoms with Crippen LogP contribution in [0.15, 0.2) is 15.8 Å². The third kappa shape index (κ3) is 2.07. The molecule has 1 aliphatic rings. The second kappa shape index (κ2) is 4.48. The van der Waals surface area contributed by atoms with Gasteiger partial charge in [-0.05, 0) is 13.8 Å². The molecule has 0 radical (unpaired) electrons. The van der Waals surface area contributed by atoms with Gasteiger partial charge in [0.2, 0.25) is 0 Å². The van der Waals surface area contributed by atoms with E-state index in [1.165, 1.54) is 20.0 Å². The average molecular weight is 272 g/mol. The van der Waals surface area contributed by atoms with E-state index >= 15 is 0 Å². The maximum Gasteiger partial charge on any atom is 0.366 e. The molecule has 0 bridgehead atoms. The van der Waals surface area contributed by atoms with E-state index in [0.717, 1.165) is 4.57 Å². The summed E-state index contributed by atoms with van der Waals surface area (Å²) in [7, 11) is 0. The highest BCUT2D eigenvalue weighted by Crippen LogP contribution is 2.35. The van der Waals surface area contributed by atoms with Gasteiger partial charge in [0.25, 0.3) is 5.56 Å².